The molecule has 0 heteroatoms. The fourth-order valence-electron chi connectivity index (χ4n) is 1.77. The lowest BCUT2D eigenvalue weighted by Crippen LogP contribution is -1.77. The highest BCUT2D eigenvalue weighted by atomic mass is 13.9. The Kier molecular flexibility index (Phi) is 16.5. The molecule has 0 radical (unpaired) electrons. The van der Waals surface area contributed by atoms with Crippen LogP contribution < -0.4 is 0 Å². The van der Waals surface area contributed by atoms with Crippen LogP contribution in [0.3, 0.4) is 0 Å². The van der Waals surface area contributed by atoms with Crippen LogP contribution in [0.4, 0.5) is 0 Å². The first kappa shape index (κ1) is 18.7. The molecule has 110 valence electrons. The third-order valence-electron chi connectivity index (χ3n) is 3.04. The van der Waals surface area contributed by atoms with Crippen molar-refractivity contribution < 1.29 is 0 Å². The van der Waals surface area contributed by atoms with Gasteiger partial charge in [0.1, 0.15) is 0 Å². The van der Waals surface area contributed by atoms with Crippen molar-refractivity contribution >= 4 is 0 Å². The molecule has 0 fully saturated rings. The zero-order chi connectivity index (χ0) is 14.7. The zero-order valence-corrected chi connectivity index (χ0v) is 13.5. The van der Waals surface area contributed by atoms with E-state index in [4.69, 9.17) is 0 Å². The zero-order valence-electron chi connectivity index (χ0n) is 13.5. The third-order valence-corrected chi connectivity index (χ3v) is 3.04. The maximum Gasteiger partial charge on any atom is 0.0702 e. The van der Waals surface area contributed by atoms with Gasteiger partial charge in [0.15, 0.2) is 0 Å². The highest BCUT2D eigenvalue weighted by molar-refractivity contribution is 5.16. The molecule has 0 aromatic heterocycles. The van der Waals surface area contributed by atoms with Crippen molar-refractivity contribution in [2.45, 2.75) is 90.9 Å². The van der Waals surface area contributed by atoms with Gasteiger partial charge in [-0.05, 0) is 12.8 Å². The molecule has 0 heterocycles. The molecule has 0 aliphatic carbocycles. The molecular weight excluding hydrogens is 240 g/mol. The summed E-state index contributed by atoms with van der Waals surface area (Å²) < 4.78 is 0. The van der Waals surface area contributed by atoms with Crippen LogP contribution in [-0.2, 0) is 0 Å². The average Bonchev–Trinajstić information content (AvgIpc) is 2.47. The van der Waals surface area contributed by atoms with Crippen LogP contribution in [0.25, 0.3) is 0 Å². The molecule has 0 N–H and O–H groups in total. The van der Waals surface area contributed by atoms with Crippen LogP contribution in [0.2, 0.25) is 0 Å². The lowest BCUT2D eigenvalue weighted by Gasteiger charge is -1.96. The van der Waals surface area contributed by atoms with Gasteiger partial charge in [0.05, 0.1) is 12.8 Å². The highest BCUT2D eigenvalue weighted by Crippen LogP contribution is 2.06. The Labute approximate surface area is 127 Å². The summed E-state index contributed by atoms with van der Waals surface area (Å²) in [4.78, 5) is 0. The topological polar surface area (TPSA) is 0 Å². The van der Waals surface area contributed by atoms with E-state index < -0.39 is 0 Å². The van der Waals surface area contributed by atoms with E-state index in [-0.39, 0.29) is 0 Å². The predicted molar refractivity (Wildman–Crippen MR) is 90.1 cm³/mol. The summed E-state index contributed by atoms with van der Waals surface area (Å²) in [6.07, 6.45) is 13.9. The minimum absolute atomic E-state index is 0.697. The maximum absolute atomic E-state index is 3.21. The fraction of sp³-hybridized carbons (Fsp3) is 0.700. The minimum atomic E-state index is 0.697. The molecule has 0 aliphatic heterocycles. The smallest absolute Gasteiger partial charge is 0.0702 e. The number of unbranched alkanes of at least 4 members (excludes halogenated alkanes) is 8. The summed E-state index contributed by atoms with van der Waals surface area (Å²) >= 11 is 0. The molecule has 0 atom stereocenters. The third kappa shape index (κ3) is 16.7. The van der Waals surface area contributed by atoms with Gasteiger partial charge in [-0.1, -0.05) is 76.1 Å². The van der Waals surface area contributed by atoms with Gasteiger partial charge in [-0.2, -0.15) is 0 Å². The molecule has 0 saturated heterocycles. The second-order valence-corrected chi connectivity index (χ2v) is 5.04. The van der Waals surface area contributed by atoms with Crippen LogP contribution in [-0.4, -0.2) is 0 Å². The summed E-state index contributed by atoms with van der Waals surface area (Å²) in [5.74, 6) is 18.7. The molecule has 0 spiro atoms. The van der Waals surface area contributed by atoms with Crippen molar-refractivity contribution in [1.82, 2.24) is 0 Å². The van der Waals surface area contributed by atoms with Crippen molar-refractivity contribution in [2.24, 2.45) is 0 Å². The highest BCUT2D eigenvalue weighted by Gasteiger charge is 1.87. The van der Waals surface area contributed by atoms with Gasteiger partial charge in [-0.3, -0.25) is 0 Å². The van der Waals surface area contributed by atoms with Crippen LogP contribution in [0, 0.1) is 35.5 Å². The molecule has 0 rings (SSSR count). The lowest BCUT2D eigenvalue weighted by atomic mass is 10.1. The molecular formula is C20H30. The first-order valence-corrected chi connectivity index (χ1v) is 8.29. The van der Waals surface area contributed by atoms with E-state index in [0.29, 0.717) is 12.8 Å². The second-order valence-electron chi connectivity index (χ2n) is 5.04. The van der Waals surface area contributed by atoms with Gasteiger partial charge < -0.3 is 0 Å². The molecule has 0 unspecified atom stereocenters. The fourth-order valence-corrected chi connectivity index (χ4v) is 1.77. The number of rotatable bonds is 8. The normalized spacial score (nSPS) is 8.70. The molecule has 0 aromatic carbocycles. The van der Waals surface area contributed by atoms with E-state index in [0.717, 1.165) is 12.8 Å². The Hall–Kier alpha value is -1.32. The standard InChI is InChI=1S/C20H30/c1-3-5-7-9-11-13-15-17-19-20-18-16-14-12-10-8-6-4-2/h3-9,11,13-15,20H2,1-2H3. The SMILES string of the molecule is CCCCC#CCC#CCC#CCCCCCCCC. The van der Waals surface area contributed by atoms with Crippen molar-refractivity contribution in [3.8, 4) is 35.5 Å². The Bertz CT molecular complexity index is 369. The molecule has 0 aliphatic rings. The van der Waals surface area contributed by atoms with E-state index >= 15 is 0 Å². The molecule has 0 aromatic rings. The molecule has 0 saturated carbocycles. The monoisotopic (exact) mass is 270 g/mol. The Morgan fingerprint density at radius 2 is 0.900 bits per heavy atom. The van der Waals surface area contributed by atoms with Gasteiger partial charge in [-0.15, -0.1) is 11.8 Å². The summed E-state index contributed by atoms with van der Waals surface area (Å²) in [5.41, 5.74) is 0. The van der Waals surface area contributed by atoms with Gasteiger partial charge in [0, 0.05) is 12.8 Å². The predicted octanol–water partition coefficient (Wildman–Crippen LogP) is 5.72. The van der Waals surface area contributed by atoms with Crippen molar-refractivity contribution in [3.05, 3.63) is 0 Å². The lowest BCUT2D eigenvalue weighted by molar-refractivity contribution is 0.614. The molecule has 0 nitrogen and oxygen atoms in total. The molecule has 20 heavy (non-hydrogen) atoms. The van der Waals surface area contributed by atoms with Gasteiger partial charge in [0.25, 0.3) is 0 Å². The second kappa shape index (κ2) is 17.7. The van der Waals surface area contributed by atoms with Gasteiger partial charge in [0.2, 0.25) is 0 Å². The van der Waals surface area contributed by atoms with E-state index in [9.17, 15) is 0 Å². The van der Waals surface area contributed by atoms with E-state index in [2.05, 4.69) is 49.4 Å². The first-order chi connectivity index (χ1) is 9.91. The number of hydrogen-bond donors (Lipinski definition) is 0. The first-order valence-electron chi connectivity index (χ1n) is 8.29. The van der Waals surface area contributed by atoms with Gasteiger partial charge >= 0.3 is 0 Å². The van der Waals surface area contributed by atoms with Crippen molar-refractivity contribution in [1.29, 1.82) is 0 Å². The van der Waals surface area contributed by atoms with Crippen LogP contribution >= 0.6 is 0 Å². The van der Waals surface area contributed by atoms with Gasteiger partial charge in [-0.25, -0.2) is 0 Å². The Morgan fingerprint density at radius 1 is 0.450 bits per heavy atom. The summed E-state index contributed by atoms with van der Waals surface area (Å²) in [6, 6.07) is 0. The Morgan fingerprint density at radius 3 is 1.50 bits per heavy atom. The van der Waals surface area contributed by atoms with Crippen LogP contribution in [0.15, 0.2) is 0 Å². The van der Waals surface area contributed by atoms with E-state index in [1.54, 1.807) is 0 Å². The quantitative estimate of drug-likeness (QED) is 0.391. The largest absolute Gasteiger partial charge is 0.102 e. The van der Waals surface area contributed by atoms with Crippen LogP contribution in [0.5, 0.6) is 0 Å². The average molecular weight is 270 g/mol. The van der Waals surface area contributed by atoms with Crippen molar-refractivity contribution in [3.63, 3.8) is 0 Å². The Balaban J connectivity index is 3.37. The molecule has 0 bridgehead atoms. The van der Waals surface area contributed by atoms with Crippen LogP contribution in [0.1, 0.15) is 90.9 Å². The maximum atomic E-state index is 3.21. The minimum Gasteiger partial charge on any atom is -0.102 e. The summed E-state index contributed by atoms with van der Waals surface area (Å²) in [7, 11) is 0. The van der Waals surface area contributed by atoms with E-state index in [1.165, 1.54) is 51.4 Å². The number of hydrogen-bond acceptors (Lipinski definition) is 0. The van der Waals surface area contributed by atoms with Crippen molar-refractivity contribution in [2.75, 3.05) is 0 Å². The molecule has 0 amide bonds. The van der Waals surface area contributed by atoms with E-state index in [1.807, 2.05) is 0 Å². The summed E-state index contributed by atoms with van der Waals surface area (Å²) in [5, 5.41) is 0. The summed E-state index contributed by atoms with van der Waals surface area (Å²) in [6.45, 7) is 4.44.